The number of hydrogen-bond donors (Lipinski definition) is 0. The number of nitro benzene ring substituents is 1. The van der Waals surface area contributed by atoms with Gasteiger partial charge in [0.2, 0.25) is 0 Å². The summed E-state index contributed by atoms with van der Waals surface area (Å²) in [6.07, 6.45) is -11.2. The van der Waals surface area contributed by atoms with Crippen molar-refractivity contribution in [3.63, 3.8) is 0 Å². The quantitative estimate of drug-likeness (QED) is 0.363. The predicted octanol–water partition coefficient (Wildman–Crippen LogP) is 5.14. The molecule has 4 nitrogen and oxygen atoms in total. The molecule has 1 aromatic carbocycles. The molecule has 0 bridgehead atoms. The van der Waals surface area contributed by atoms with Gasteiger partial charge in [0.15, 0.2) is 0 Å². The normalized spacial score (nSPS) is 15.0. The lowest BCUT2D eigenvalue weighted by Crippen LogP contribution is -2.61. The predicted molar refractivity (Wildman–Crippen MR) is 68.4 cm³/mol. The molecule has 13 heteroatoms. The number of nitro groups is 1. The number of ether oxygens (including phenoxy) is 1. The van der Waals surface area contributed by atoms with Crippen molar-refractivity contribution >= 4 is 5.69 Å². The summed E-state index contributed by atoms with van der Waals surface area (Å²) in [6.45, 7) is 0. The summed E-state index contributed by atoms with van der Waals surface area (Å²) in [5.41, 5.74) is -0.854. The second-order valence-electron chi connectivity index (χ2n) is 5.13. The first kappa shape index (κ1) is 22.0. The van der Waals surface area contributed by atoms with Crippen LogP contribution in [0.15, 0.2) is 24.3 Å². The fourth-order valence-electron chi connectivity index (χ4n) is 1.92. The summed E-state index contributed by atoms with van der Waals surface area (Å²) in [6, 6.07) is 3.23. The number of alkyl halides is 9. The van der Waals surface area contributed by atoms with E-state index in [1.807, 2.05) is 0 Å². The van der Waals surface area contributed by atoms with Crippen LogP contribution in [0.4, 0.5) is 45.2 Å². The Morgan fingerprint density at radius 3 is 1.77 bits per heavy atom. The SMILES string of the molecule is COC(CC(F)(F)C(F)(F)C(F)(F)C(F)(F)F)c1ccc([N+](=O)[O-])cc1. The first-order valence-electron chi connectivity index (χ1n) is 6.56. The molecule has 26 heavy (non-hydrogen) atoms. The first-order chi connectivity index (χ1) is 11.6. The molecule has 0 aliphatic carbocycles. The summed E-state index contributed by atoms with van der Waals surface area (Å²) >= 11 is 0. The highest BCUT2D eigenvalue weighted by atomic mass is 19.4. The van der Waals surface area contributed by atoms with Gasteiger partial charge in [0.05, 0.1) is 11.0 Å². The third-order valence-electron chi connectivity index (χ3n) is 3.41. The van der Waals surface area contributed by atoms with Crippen LogP contribution in [0.3, 0.4) is 0 Å². The van der Waals surface area contributed by atoms with Gasteiger partial charge >= 0.3 is 23.9 Å². The van der Waals surface area contributed by atoms with Gasteiger partial charge in [-0.15, -0.1) is 0 Å². The standard InChI is InChI=1S/C13H10F9NO3/c1-26-9(7-2-4-8(5-3-7)23(24)25)6-10(14,15)11(16,17)12(18,19)13(20,21)22/h2-5,9H,6H2,1H3. The molecule has 0 fully saturated rings. The summed E-state index contributed by atoms with van der Waals surface area (Å²) in [7, 11) is 0.724. The van der Waals surface area contributed by atoms with Crippen molar-refractivity contribution in [1.82, 2.24) is 0 Å². The number of halogens is 9. The molecular weight excluding hydrogens is 389 g/mol. The van der Waals surface area contributed by atoms with Crippen LogP contribution in [0.25, 0.3) is 0 Å². The van der Waals surface area contributed by atoms with E-state index < -0.39 is 47.1 Å². The van der Waals surface area contributed by atoms with E-state index in [4.69, 9.17) is 0 Å². The summed E-state index contributed by atoms with van der Waals surface area (Å²) in [4.78, 5) is 9.62. The first-order valence-corrected chi connectivity index (χ1v) is 6.56. The molecule has 0 saturated heterocycles. The maximum Gasteiger partial charge on any atom is 0.460 e. The average Bonchev–Trinajstić information content (AvgIpc) is 2.51. The Bertz CT molecular complexity index is 643. The number of rotatable bonds is 7. The molecule has 0 spiro atoms. The lowest BCUT2D eigenvalue weighted by Gasteiger charge is -2.35. The van der Waals surface area contributed by atoms with Crippen LogP contribution in [0, 0.1) is 10.1 Å². The van der Waals surface area contributed by atoms with Crippen LogP contribution < -0.4 is 0 Å². The van der Waals surface area contributed by atoms with Gasteiger partial charge in [-0.25, -0.2) is 0 Å². The molecule has 0 aliphatic rings. The number of methoxy groups -OCH3 is 1. The minimum atomic E-state index is -6.99. The number of benzene rings is 1. The van der Waals surface area contributed by atoms with Crippen molar-refractivity contribution < 1.29 is 49.2 Å². The Morgan fingerprint density at radius 2 is 1.42 bits per heavy atom. The fourth-order valence-corrected chi connectivity index (χ4v) is 1.92. The van der Waals surface area contributed by atoms with Crippen LogP contribution in [0.1, 0.15) is 18.1 Å². The van der Waals surface area contributed by atoms with E-state index in [0.717, 1.165) is 31.4 Å². The molecule has 1 unspecified atom stereocenters. The Kier molecular flexibility index (Phi) is 5.86. The van der Waals surface area contributed by atoms with E-state index in [1.165, 1.54) is 0 Å². The molecule has 148 valence electrons. The third-order valence-corrected chi connectivity index (χ3v) is 3.41. The molecule has 0 heterocycles. The zero-order valence-corrected chi connectivity index (χ0v) is 12.7. The van der Waals surface area contributed by atoms with Crippen LogP contribution >= 0.6 is 0 Å². The second kappa shape index (κ2) is 6.93. The van der Waals surface area contributed by atoms with Crippen molar-refractivity contribution in [3.8, 4) is 0 Å². The van der Waals surface area contributed by atoms with Gasteiger partial charge < -0.3 is 4.74 Å². The number of non-ortho nitro benzene ring substituents is 1. The van der Waals surface area contributed by atoms with Gasteiger partial charge in [-0.1, -0.05) is 0 Å². The number of hydrogen-bond acceptors (Lipinski definition) is 3. The maximum absolute atomic E-state index is 13.6. The molecular formula is C13H10F9NO3. The minimum Gasteiger partial charge on any atom is -0.377 e. The van der Waals surface area contributed by atoms with Crippen molar-refractivity contribution in [2.45, 2.75) is 36.5 Å². The molecule has 0 N–H and O–H groups in total. The molecule has 0 saturated carbocycles. The summed E-state index contributed by atoms with van der Waals surface area (Å²) < 4.78 is 120. The Balaban J connectivity index is 3.17. The summed E-state index contributed by atoms with van der Waals surface area (Å²) in [5.74, 6) is -19.6. The topological polar surface area (TPSA) is 52.4 Å². The Hall–Kier alpha value is -2.05. The van der Waals surface area contributed by atoms with Crippen molar-refractivity contribution in [3.05, 3.63) is 39.9 Å². The lowest BCUT2D eigenvalue weighted by molar-refractivity contribution is -0.398. The molecule has 0 aliphatic heterocycles. The molecule has 0 amide bonds. The smallest absolute Gasteiger partial charge is 0.377 e. The van der Waals surface area contributed by atoms with E-state index in [0.29, 0.717) is 0 Å². The van der Waals surface area contributed by atoms with Gasteiger partial charge in [-0.3, -0.25) is 10.1 Å². The monoisotopic (exact) mass is 399 g/mol. The minimum absolute atomic E-state index is 0.357. The van der Waals surface area contributed by atoms with E-state index >= 15 is 0 Å². The second-order valence-corrected chi connectivity index (χ2v) is 5.13. The third kappa shape index (κ3) is 3.86. The highest BCUT2D eigenvalue weighted by Gasteiger charge is 2.81. The van der Waals surface area contributed by atoms with Crippen LogP contribution in [-0.4, -0.2) is 36.0 Å². The highest BCUT2D eigenvalue weighted by molar-refractivity contribution is 5.34. The molecule has 1 aromatic rings. The Morgan fingerprint density at radius 1 is 0.962 bits per heavy atom. The van der Waals surface area contributed by atoms with Crippen LogP contribution in [0.2, 0.25) is 0 Å². The average molecular weight is 399 g/mol. The molecule has 1 rings (SSSR count). The molecule has 0 aromatic heterocycles. The van der Waals surface area contributed by atoms with Gasteiger partial charge in [0, 0.05) is 25.7 Å². The molecule has 1 atom stereocenters. The van der Waals surface area contributed by atoms with E-state index in [2.05, 4.69) is 4.74 Å². The highest BCUT2D eigenvalue weighted by Crippen LogP contribution is 2.55. The van der Waals surface area contributed by atoms with E-state index in [9.17, 15) is 49.6 Å². The zero-order chi connectivity index (χ0) is 20.6. The maximum atomic E-state index is 13.6. The van der Waals surface area contributed by atoms with E-state index in [-0.39, 0.29) is 5.56 Å². The van der Waals surface area contributed by atoms with Crippen LogP contribution in [-0.2, 0) is 4.74 Å². The van der Waals surface area contributed by atoms with E-state index in [1.54, 1.807) is 0 Å². The Labute approximate surface area is 139 Å². The fraction of sp³-hybridized carbons (Fsp3) is 0.538. The van der Waals surface area contributed by atoms with Gasteiger partial charge in [0.1, 0.15) is 0 Å². The zero-order valence-electron chi connectivity index (χ0n) is 12.7. The molecule has 0 radical (unpaired) electrons. The van der Waals surface area contributed by atoms with Crippen LogP contribution in [0.5, 0.6) is 0 Å². The van der Waals surface area contributed by atoms with Crippen molar-refractivity contribution in [2.24, 2.45) is 0 Å². The number of nitrogens with zero attached hydrogens (tertiary/aromatic N) is 1. The van der Waals surface area contributed by atoms with Gasteiger partial charge in [-0.2, -0.15) is 39.5 Å². The van der Waals surface area contributed by atoms with Crippen molar-refractivity contribution in [2.75, 3.05) is 7.11 Å². The summed E-state index contributed by atoms with van der Waals surface area (Å²) in [5, 5.41) is 10.5. The lowest BCUT2D eigenvalue weighted by atomic mass is 9.95. The van der Waals surface area contributed by atoms with Gasteiger partial charge in [-0.05, 0) is 17.7 Å². The van der Waals surface area contributed by atoms with Crippen molar-refractivity contribution in [1.29, 1.82) is 0 Å². The largest absolute Gasteiger partial charge is 0.460 e. The van der Waals surface area contributed by atoms with Gasteiger partial charge in [0.25, 0.3) is 5.69 Å².